The van der Waals surface area contributed by atoms with Crippen LogP contribution >= 0.6 is 0 Å². The van der Waals surface area contributed by atoms with Crippen molar-refractivity contribution < 1.29 is 26.4 Å². The van der Waals surface area contributed by atoms with Crippen molar-refractivity contribution in [3.63, 3.8) is 0 Å². The van der Waals surface area contributed by atoms with Crippen molar-refractivity contribution >= 4 is 27.5 Å². The highest BCUT2D eigenvalue weighted by atomic mass is 32.3. The van der Waals surface area contributed by atoms with E-state index in [-0.39, 0.29) is 5.69 Å². The summed E-state index contributed by atoms with van der Waals surface area (Å²) in [6.07, 6.45) is -0.632. The Morgan fingerprint density at radius 3 is 2.55 bits per heavy atom. The van der Waals surface area contributed by atoms with Gasteiger partial charge < -0.3 is 4.90 Å². The molecule has 1 aromatic carbocycles. The molecule has 0 bridgehead atoms. The first kappa shape index (κ1) is 14.3. The van der Waals surface area contributed by atoms with Gasteiger partial charge >= 0.3 is 15.9 Å². The lowest BCUT2D eigenvalue weighted by Crippen LogP contribution is -2.27. The van der Waals surface area contributed by atoms with Gasteiger partial charge in [-0.05, 0) is 12.1 Å². The average molecular weight is 306 g/mol. The number of hydrogen-bond acceptors (Lipinski definition) is 5. The van der Waals surface area contributed by atoms with Crippen molar-refractivity contribution in [3.05, 3.63) is 34.1 Å². The molecule has 1 atom stereocenters. The van der Waals surface area contributed by atoms with Gasteiger partial charge in [-0.25, -0.2) is 0 Å². The van der Waals surface area contributed by atoms with Crippen molar-refractivity contribution in [2.24, 2.45) is 0 Å². The molecule has 20 heavy (non-hydrogen) atoms. The smallest absolute Gasteiger partial charge is 0.305 e. The molecular weight excluding hydrogens is 298 g/mol. The lowest BCUT2D eigenvalue weighted by Gasteiger charge is -2.16. The normalized spacial score (nSPS) is 19.4. The van der Waals surface area contributed by atoms with Gasteiger partial charge in [-0.1, -0.05) is 6.07 Å². The maximum Gasteiger partial charge on any atom is 0.328 e. The fourth-order valence-corrected chi connectivity index (χ4v) is 2.67. The van der Waals surface area contributed by atoms with Crippen molar-refractivity contribution in [2.45, 2.75) is 11.7 Å². The fourth-order valence-electron chi connectivity index (χ4n) is 2.00. The van der Waals surface area contributed by atoms with E-state index < -0.39 is 50.8 Å². The first-order chi connectivity index (χ1) is 9.21. The maximum absolute atomic E-state index is 13.4. The second-order valence-corrected chi connectivity index (χ2v) is 5.79. The largest absolute Gasteiger partial charge is 0.328 e. The molecule has 0 radical (unpaired) electrons. The lowest BCUT2D eigenvalue weighted by atomic mass is 10.2. The number of nitrogens with zero attached hydrogens (tertiary/aromatic N) is 2. The third kappa shape index (κ3) is 2.46. The van der Waals surface area contributed by atoms with Crippen molar-refractivity contribution in [1.82, 2.24) is 0 Å². The predicted octanol–water partition coefficient (Wildman–Crippen LogP) is 1.14. The van der Waals surface area contributed by atoms with E-state index in [1.54, 1.807) is 0 Å². The molecule has 1 aliphatic heterocycles. The molecule has 0 saturated carbocycles. The molecule has 0 aromatic heterocycles. The minimum absolute atomic E-state index is 0.383. The van der Waals surface area contributed by atoms with E-state index in [2.05, 4.69) is 0 Å². The van der Waals surface area contributed by atoms with Gasteiger partial charge in [0.15, 0.2) is 0 Å². The van der Waals surface area contributed by atoms with Gasteiger partial charge in [0, 0.05) is 13.0 Å². The van der Waals surface area contributed by atoms with Crippen LogP contribution in [0.2, 0.25) is 0 Å². The number of nitro groups is 1. The number of halogens is 2. The third-order valence-electron chi connectivity index (χ3n) is 2.93. The molecular formula is C10H8F2N2O5S. The van der Waals surface area contributed by atoms with Crippen molar-refractivity contribution in [2.75, 3.05) is 11.4 Å². The Labute approximate surface area is 112 Å². The van der Waals surface area contributed by atoms with E-state index in [9.17, 15) is 31.6 Å². The zero-order chi connectivity index (χ0) is 15.1. The molecule has 1 aromatic rings. The molecule has 1 saturated heterocycles. The molecule has 1 unspecified atom stereocenters. The summed E-state index contributed by atoms with van der Waals surface area (Å²) >= 11 is 0. The monoisotopic (exact) mass is 306 g/mol. The third-order valence-corrected chi connectivity index (χ3v) is 4.04. The molecule has 2 rings (SSSR count). The van der Waals surface area contributed by atoms with Crippen LogP contribution in [-0.2, 0) is 15.0 Å². The van der Waals surface area contributed by atoms with E-state index in [1.165, 1.54) is 0 Å². The zero-order valence-electron chi connectivity index (χ0n) is 9.82. The van der Waals surface area contributed by atoms with Gasteiger partial charge in [0.1, 0.15) is 10.9 Å². The predicted molar refractivity (Wildman–Crippen MR) is 63.8 cm³/mol. The average Bonchev–Trinajstić information content (AvgIpc) is 2.70. The second kappa shape index (κ2) is 4.78. The Hall–Kier alpha value is -2.10. The lowest BCUT2D eigenvalue weighted by molar-refractivity contribution is -0.386. The molecule has 0 spiro atoms. The van der Waals surface area contributed by atoms with Crippen LogP contribution in [0.15, 0.2) is 18.2 Å². The first-order valence-corrected chi connectivity index (χ1v) is 6.83. The van der Waals surface area contributed by atoms with Crippen LogP contribution in [0.1, 0.15) is 6.42 Å². The molecule has 1 fully saturated rings. The van der Waals surface area contributed by atoms with Crippen LogP contribution in [-0.4, -0.2) is 31.0 Å². The Morgan fingerprint density at radius 2 is 2.05 bits per heavy atom. The van der Waals surface area contributed by atoms with Crippen LogP contribution in [0, 0.1) is 15.9 Å². The number of carbonyl (C=O) groups excluding carboxylic acids is 1. The van der Waals surface area contributed by atoms with E-state index in [4.69, 9.17) is 0 Å². The Morgan fingerprint density at radius 1 is 1.40 bits per heavy atom. The summed E-state index contributed by atoms with van der Waals surface area (Å²) in [5, 5.41) is 9.22. The van der Waals surface area contributed by atoms with Crippen LogP contribution < -0.4 is 4.90 Å². The van der Waals surface area contributed by atoms with Crippen molar-refractivity contribution in [3.8, 4) is 0 Å². The van der Waals surface area contributed by atoms with Crippen LogP contribution in [0.25, 0.3) is 0 Å². The molecule has 7 nitrogen and oxygen atoms in total. The molecule has 10 heteroatoms. The number of anilines is 1. The second-order valence-electron chi connectivity index (χ2n) is 4.17. The summed E-state index contributed by atoms with van der Waals surface area (Å²) in [4.78, 5) is 22.2. The Bertz CT molecular complexity index is 691. The highest BCUT2D eigenvalue weighted by molar-refractivity contribution is 7.87. The number of rotatable bonds is 3. The van der Waals surface area contributed by atoms with Gasteiger partial charge in [0.25, 0.3) is 0 Å². The summed E-state index contributed by atoms with van der Waals surface area (Å²) in [5.41, 5.74) is -1.33. The van der Waals surface area contributed by atoms with Crippen molar-refractivity contribution in [1.29, 1.82) is 0 Å². The summed E-state index contributed by atoms with van der Waals surface area (Å²) in [5.74, 6) is -1.98. The van der Waals surface area contributed by atoms with E-state index in [0.717, 1.165) is 18.2 Å². The minimum Gasteiger partial charge on any atom is -0.305 e. The molecule has 0 N–H and O–H groups in total. The highest BCUT2D eigenvalue weighted by Crippen LogP contribution is 2.34. The zero-order valence-corrected chi connectivity index (χ0v) is 10.6. The van der Waals surface area contributed by atoms with Gasteiger partial charge in [0.2, 0.25) is 11.7 Å². The number of amides is 1. The van der Waals surface area contributed by atoms with E-state index in [1.807, 2.05) is 0 Å². The fraction of sp³-hybridized carbons (Fsp3) is 0.300. The SMILES string of the molecule is O=C1CC(S(=O)(=O)F)CN1c1cccc(F)c1[N+](=O)[O-]. The summed E-state index contributed by atoms with van der Waals surface area (Å²) < 4.78 is 47.9. The van der Waals surface area contributed by atoms with Gasteiger partial charge in [-0.3, -0.25) is 14.9 Å². The highest BCUT2D eigenvalue weighted by Gasteiger charge is 2.41. The quantitative estimate of drug-likeness (QED) is 0.474. The van der Waals surface area contributed by atoms with Crippen LogP contribution in [0.5, 0.6) is 0 Å². The summed E-state index contributed by atoms with van der Waals surface area (Å²) in [6, 6.07) is 3.08. The van der Waals surface area contributed by atoms with Gasteiger partial charge in [-0.15, -0.1) is 3.89 Å². The molecule has 1 heterocycles. The van der Waals surface area contributed by atoms with Gasteiger partial charge in [-0.2, -0.15) is 12.8 Å². The minimum atomic E-state index is -4.95. The molecule has 1 aliphatic rings. The topological polar surface area (TPSA) is 97.6 Å². The molecule has 0 aliphatic carbocycles. The Kier molecular flexibility index (Phi) is 3.42. The number of carbonyl (C=O) groups is 1. The van der Waals surface area contributed by atoms with E-state index >= 15 is 0 Å². The van der Waals surface area contributed by atoms with Gasteiger partial charge in [0.05, 0.1) is 4.92 Å². The number of benzene rings is 1. The Balaban J connectivity index is 2.46. The molecule has 1 amide bonds. The standard InChI is InChI=1S/C10H8F2N2O5S/c11-7-2-1-3-8(10(7)14(16)17)13-5-6(4-9(13)15)20(12,18)19/h1-3,6H,4-5H2. The molecule has 108 valence electrons. The summed E-state index contributed by atoms with van der Waals surface area (Å²) in [6.45, 7) is -0.581. The number of nitro benzene ring substituents is 1. The summed E-state index contributed by atoms with van der Waals surface area (Å²) in [7, 11) is -4.95. The van der Waals surface area contributed by atoms with Crippen LogP contribution in [0.3, 0.4) is 0 Å². The van der Waals surface area contributed by atoms with Crippen LogP contribution in [0.4, 0.5) is 19.7 Å². The number of hydrogen-bond donors (Lipinski definition) is 0. The maximum atomic E-state index is 13.4. The van der Waals surface area contributed by atoms with E-state index in [0.29, 0.717) is 4.90 Å². The first-order valence-electron chi connectivity index (χ1n) is 5.38. The number of para-hydroxylation sites is 1.